The first-order chi connectivity index (χ1) is 16.3. The van der Waals surface area contributed by atoms with E-state index in [2.05, 4.69) is 15.5 Å². The molecule has 0 unspecified atom stereocenters. The minimum Gasteiger partial charge on any atom is -0.339 e. The molecule has 4 rings (SSSR count). The minimum absolute atomic E-state index is 0.0719. The molecule has 1 aliphatic rings. The van der Waals surface area contributed by atoms with E-state index in [0.29, 0.717) is 42.1 Å². The van der Waals surface area contributed by atoms with Gasteiger partial charge in [-0.1, -0.05) is 30.3 Å². The fourth-order valence-electron chi connectivity index (χ4n) is 3.98. The van der Waals surface area contributed by atoms with Gasteiger partial charge in [-0.15, -0.1) is 11.8 Å². The van der Waals surface area contributed by atoms with E-state index >= 15 is 0 Å². The van der Waals surface area contributed by atoms with Gasteiger partial charge in [0.15, 0.2) is 0 Å². The van der Waals surface area contributed by atoms with Crippen LogP contribution in [0, 0.1) is 12.8 Å². The van der Waals surface area contributed by atoms with Crippen molar-refractivity contribution in [1.29, 1.82) is 0 Å². The predicted octanol–water partition coefficient (Wildman–Crippen LogP) is 4.37. The molecule has 180 valence electrons. The summed E-state index contributed by atoms with van der Waals surface area (Å²) in [7, 11) is -3.73. The van der Waals surface area contributed by atoms with Crippen LogP contribution in [0.15, 0.2) is 56.8 Å². The van der Waals surface area contributed by atoms with Gasteiger partial charge in [0.2, 0.25) is 27.6 Å². The third-order valence-corrected chi connectivity index (χ3v) is 8.76. The number of aromatic nitrogens is 2. The largest absolute Gasteiger partial charge is 0.339 e. The monoisotopic (exact) mass is 500 g/mol. The lowest BCUT2D eigenvalue weighted by Crippen LogP contribution is -2.41. The summed E-state index contributed by atoms with van der Waals surface area (Å²) in [6, 6.07) is 12.8. The molecular weight excluding hydrogens is 472 g/mol. The summed E-state index contributed by atoms with van der Waals surface area (Å²) in [4.78, 5) is 18.4. The third-order valence-electron chi connectivity index (χ3n) is 6.00. The molecule has 1 N–H and O–H groups in total. The van der Waals surface area contributed by atoms with Crippen LogP contribution in [0.2, 0.25) is 0 Å². The molecule has 1 amide bonds. The number of piperidine rings is 1. The van der Waals surface area contributed by atoms with E-state index in [1.807, 2.05) is 37.4 Å². The van der Waals surface area contributed by atoms with Crippen LogP contribution in [0.3, 0.4) is 0 Å². The van der Waals surface area contributed by atoms with Gasteiger partial charge < -0.3 is 9.84 Å². The Hall–Kier alpha value is -2.69. The second kappa shape index (κ2) is 10.3. The van der Waals surface area contributed by atoms with Gasteiger partial charge in [-0.3, -0.25) is 4.79 Å². The highest BCUT2D eigenvalue weighted by Gasteiger charge is 2.33. The fraction of sp³-hybridized carbons (Fsp3) is 0.375. The zero-order valence-corrected chi connectivity index (χ0v) is 21.1. The molecule has 0 spiro atoms. The Kier molecular flexibility index (Phi) is 7.39. The summed E-state index contributed by atoms with van der Waals surface area (Å²) in [5, 5.41) is 6.93. The van der Waals surface area contributed by atoms with E-state index in [1.165, 1.54) is 4.31 Å². The van der Waals surface area contributed by atoms with Crippen molar-refractivity contribution in [3.8, 4) is 11.4 Å². The first-order valence-electron chi connectivity index (χ1n) is 11.2. The van der Waals surface area contributed by atoms with Gasteiger partial charge in [0.25, 0.3) is 0 Å². The summed E-state index contributed by atoms with van der Waals surface area (Å²) in [5.41, 5.74) is 2.00. The number of benzene rings is 2. The Morgan fingerprint density at radius 2 is 1.97 bits per heavy atom. The fourth-order valence-corrected chi connectivity index (χ4v) is 6.16. The lowest BCUT2D eigenvalue weighted by molar-refractivity contribution is -0.120. The van der Waals surface area contributed by atoms with E-state index in [0.717, 1.165) is 10.6 Å². The topological polar surface area (TPSA) is 105 Å². The first kappa shape index (κ1) is 24.4. The van der Waals surface area contributed by atoms with E-state index in [1.54, 1.807) is 36.9 Å². The predicted molar refractivity (Wildman–Crippen MR) is 132 cm³/mol. The van der Waals surface area contributed by atoms with Gasteiger partial charge in [0.05, 0.1) is 4.90 Å². The number of nitrogens with one attached hydrogen (secondary N) is 1. The van der Waals surface area contributed by atoms with E-state index in [-0.39, 0.29) is 29.8 Å². The van der Waals surface area contributed by atoms with E-state index in [9.17, 15) is 13.2 Å². The molecule has 1 saturated heterocycles. The standard InChI is InChI=1S/C24H28N4O4S2/c1-4-22-26-23(27-32-22)18-9-8-16(2)21(14-18)34(30,31)28-12-10-17(11-13-28)24(29)25-19-6-5-7-20(15-19)33-3/h5-9,14-15,17H,4,10-13H2,1-3H3,(H,25,29). The number of amides is 1. The lowest BCUT2D eigenvalue weighted by atomic mass is 9.97. The quantitative estimate of drug-likeness (QED) is 0.480. The van der Waals surface area contributed by atoms with E-state index < -0.39 is 10.0 Å². The normalized spacial score (nSPS) is 15.4. The SMILES string of the molecule is CCc1nc(-c2ccc(C)c(S(=O)(=O)N3CCC(C(=O)Nc4cccc(SC)c4)CC3)c2)no1. The van der Waals surface area contributed by atoms with Crippen molar-refractivity contribution >= 4 is 33.4 Å². The molecule has 10 heteroatoms. The van der Waals surface area contributed by atoms with Crippen molar-refractivity contribution in [2.75, 3.05) is 24.7 Å². The van der Waals surface area contributed by atoms with Crippen LogP contribution >= 0.6 is 11.8 Å². The van der Waals surface area contributed by atoms with Crippen molar-refractivity contribution in [2.45, 2.75) is 42.9 Å². The molecule has 0 radical (unpaired) electrons. The third kappa shape index (κ3) is 5.18. The number of carbonyl (C=O) groups is 1. The number of aryl methyl sites for hydroxylation is 2. The smallest absolute Gasteiger partial charge is 0.243 e. The highest BCUT2D eigenvalue weighted by molar-refractivity contribution is 7.98. The van der Waals surface area contributed by atoms with Crippen LogP contribution < -0.4 is 5.32 Å². The molecule has 0 atom stereocenters. The average molecular weight is 501 g/mol. The van der Waals surface area contributed by atoms with Crippen LogP contribution in [0.1, 0.15) is 31.2 Å². The number of sulfonamides is 1. The lowest BCUT2D eigenvalue weighted by Gasteiger charge is -2.31. The molecule has 1 aromatic heterocycles. The molecule has 0 saturated carbocycles. The summed E-state index contributed by atoms with van der Waals surface area (Å²) in [6.07, 6.45) is 3.53. The molecule has 34 heavy (non-hydrogen) atoms. The highest BCUT2D eigenvalue weighted by atomic mass is 32.2. The van der Waals surface area contributed by atoms with Crippen molar-refractivity contribution in [3.63, 3.8) is 0 Å². The molecule has 3 aromatic rings. The van der Waals surface area contributed by atoms with E-state index in [4.69, 9.17) is 4.52 Å². The molecule has 0 aliphatic carbocycles. The molecule has 1 aliphatic heterocycles. The summed E-state index contributed by atoms with van der Waals surface area (Å²) < 4.78 is 33.5. The number of carbonyl (C=O) groups excluding carboxylic acids is 1. The number of rotatable bonds is 7. The second-order valence-corrected chi connectivity index (χ2v) is 11.0. The first-order valence-corrected chi connectivity index (χ1v) is 13.9. The summed E-state index contributed by atoms with van der Waals surface area (Å²) in [6.45, 7) is 4.26. The maximum atomic E-state index is 13.4. The van der Waals surface area contributed by atoms with Gasteiger partial charge in [0, 0.05) is 41.6 Å². The summed E-state index contributed by atoms with van der Waals surface area (Å²) >= 11 is 1.61. The Bertz CT molecular complexity index is 1280. The molecule has 2 aromatic carbocycles. The Labute approximate surface area is 204 Å². The maximum absolute atomic E-state index is 13.4. The number of nitrogens with zero attached hydrogens (tertiary/aromatic N) is 3. The number of anilines is 1. The van der Waals surface area contributed by atoms with Gasteiger partial charge in [-0.25, -0.2) is 8.42 Å². The van der Waals surface area contributed by atoms with Crippen LogP contribution in [0.25, 0.3) is 11.4 Å². The average Bonchev–Trinajstić information content (AvgIpc) is 3.34. The van der Waals surface area contributed by atoms with Crippen LogP contribution in [0.4, 0.5) is 5.69 Å². The van der Waals surface area contributed by atoms with Gasteiger partial charge >= 0.3 is 0 Å². The summed E-state index contributed by atoms with van der Waals surface area (Å²) in [5.74, 6) is 0.565. The van der Waals surface area contributed by atoms with Crippen LogP contribution in [-0.2, 0) is 21.2 Å². The number of hydrogen-bond donors (Lipinski definition) is 1. The minimum atomic E-state index is -3.73. The highest BCUT2D eigenvalue weighted by Crippen LogP contribution is 2.29. The van der Waals surface area contributed by atoms with Crippen molar-refractivity contribution < 1.29 is 17.7 Å². The second-order valence-electron chi connectivity index (χ2n) is 8.25. The zero-order chi connectivity index (χ0) is 24.3. The van der Waals surface area contributed by atoms with Crippen molar-refractivity contribution in [1.82, 2.24) is 14.4 Å². The maximum Gasteiger partial charge on any atom is 0.243 e. The van der Waals surface area contributed by atoms with Crippen molar-refractivity contribution in [2.24, 2.45) is 5.92 Å². The molecule has 0 bridgehead atoms. The number of hydrogen-bond acceptors (Lipinski definition) is 7. The molecular formula is C24H28N4O4S2. The van der Waals surface area contributed by atoms with Crippen LogP contribution in [0.5, 0.6) is 0 Å². The van der Waals surface area contributed by atoms with Gasteiger partial charge in [0.1, 0.15) is 0 Å². The van der Waals surface area contributed by atoms with Crippen molar-refractivity contribution in [3.05, 3.63) is 53.9 Å². The van der Waals surface area contributed by atoms with Gasteiger partial charge in [-0.05, 0) is 55.9 Å². The number of thioether (sulfide) groups is 1. The molecule has 8 nitrogen and oxygen atoms in total. The Morgan fingerprint density at radius 3 is 2.65 bits per heavy atom. The molecule has 1 fully saturated rings. The van der Waals surface area contributed by atoms with Crippen LogP contribution in [-0.4, -0.2) is 48.1 Å². The Morgan fingerprint density at radius 1 is 1.21 bits per heavy atom. The zero-order valence-electron chi connectivity index (χ0n) is 19.4. The molecule has 2 heterocycles. The van der Waals surface area contributed by atoms with Gasteiger partial charge in [-0.2, -0.15) is 9.29 Å². The Balaban J connectivity index is 1.45.